The number of ketones is 1. The number of morpholine rings is 1. The third-order valence-corrected chi connectivity index (χ3v) is 2.22. The van der Waals surface area contributed by atoms with E-state index in [1.807, 2.05) is 30.3 Å². The molecule has 2 rings (SSSR count). The summed E-state index contributed by atoms with van der Waals surface area (Å²) in [6, 6.07) is 8.93. The summed E-state index contributed by atoms with van der Waals surface area (Å²) in [6.07, 6.45) is 0. The molecular weight excluding hydrogens is 178 g/mol. The monoisotopic (exact) mass is 190 g/mol. The molecule has 1 aliphatic heterocycles. The predicted octanol–water partition coefficient (Wildman–Crippen LogP) is 0.873. The molecular formula is C11H12NO2. The molecule has 1 fully saturated rings. The van der Waals surface area contributed by atoms with Crippen molar-refractivity contribution in [1.82, 2.24) is 5.32 Å². The molecule has 14 heavy (non-hydrogen) atoms. The van der Waals surface area contributed by atoms with Gasteiger partial charge < -0.3 is 4.74 Å². The second-order valence-corrected chi connectivity index (χ2v) is 3.23. The number of carbonyl (C=O) groups is 1. The Balaban J connectivity index is 2.07. The number of benzene rings is 1. The first-order chi connectivity index (χ1) is 6.88. The molecule has 1 unspecified atom stereocenters. The van der Waals surface area contributed by atoms with Crippen molar-refractivity contribution in [3.05, 3.63) is 35.9 Å². The van der Waals surface area contributed by atoms with Crippen molar-refractivity contribution in [3.63, 3.8) is 0 Å². The Morgan fingerprint density at radius 1 is 1.36 bits per heavy atom. The van der Waals surface area contributed by atoms with E-state index >= 15 is 0 Å². The van der Waals surface area contributed by atoms with Crippen LogP contribution in [0.15, 0.2) is 30.3 Å². The normalized spacial score (nSPS) is 21.9. The van der Waals surface area contributed by atoms with E-state index in [0.717, 1.165) is 0 Å². The highest BCUT2D eigenvalue weighted by Gasteiger charge is 2.23. The topological polar surface area (TPSA) is 40.4 Å². The van der Waals surface area contributed by atoms with Crippen molar-refractivity contribution in [3.8, 4) is 0 Å². The maximum Gasteiger partial charge on any atom is 0.183 e. The largest absolute Gasteiger partial charge is 0.378 e. The maximum absolute atomic E-state index is 11.8. The smallest absolute Gasteiger partial charge is 0.183 e. The van der Waals surface area contributed by atoms with E-state index in [4.69, 9.17) is 4.74 Å². The molecule has 1 heterocycles. The number of nitrogens with zero attached hydrogens (tertiary/aromatic N) is 1. The summed E-state index contributed by atoms with van der Waals surface area (Å²) in [5.41, 5.74) is 0.715. The average Bonchev–Trinajstić information content (AvgIpc) is 2.30. The lowest BCUT2D eigenvalue weighted by Gasteiger charge is -2.20. The lowest BCUT2D eigenvalue weighted by atomic mass is 10.0. The van der Waals surface area contributed by atoms with Crippen molar-refractivity contribution in [2.45, 2.75) is 6.04 Å². The van der Waals surface area contributed by atoms with Crippen LogP contribution >= 0.6 is 0 Å². The van der Waals surface area contributed by atoms with E-state index in [-0.39, 0.29) is 11.8 Å². The first kappa shape index (κ1) is 9.37. The van der Waals surface area contributed by atoms with Gasteiger partial charge in [0.1, 0.15) is 6.04 Å². The summed E-state index contributed by atoms with van der Waals surface area (Å²) in [7, 11) is 0. The van der Waals surface area contributed by atoms with E-state index in [9.17, 15) is 4.79 Å². The summed E-state index contributed by atoms with van der Waals surface area (Å²) < 4.78 is 5.21. The van der Waals surface area contributed by atoms with Gasteiger partial charge in [0.25, 0.3) is 0 Å². The Labute approximate surface area is 83.1 Å². The molecule has 0 spiro atoms. The van der Waals surface area contributed by atoms with Crippen molar-refractivity contribution in [2.24, 2.45) is 0 Å². The summed E-state index contributed by atoms with van der Waals surface area (Å²) >= 11 is 0. The Kier molecular flexibility index (Phi) is 2.91. The Bertz CT molecular complexity index is 304. The second kappa shape index (κ2) is 4.35. The maximum atomic E-state index is 11.8. The summed E-state index contributed by atoms with van der Waals surface area (Å²) in [4.78, 5) is 11.8. The van der Waals surface area contributed by atoms with Gasteiger partial charge in [0.05, 0.1) is 13.2 Å². The van der Waals surface area contributed by atoms with Gasteiger partial charge in [-0.1, -0.05) is 30.3 Å². The SMILES string of the molecule is O=C(c1ccccc1)C1COCC[N]1. The highest BCUT2D eigenvalue weighted by Crippen LogP contribution is 2.06. The molecule has 1 atom stereocenters. The van der Waals surface area contributed by atoms with Crippen molar-refractivity contribution >= 4 is 5.78 Å². The lowest BCUT2D eigenvalue weighted by molar-refractivity contribution is 0.0593. The lowest BCUT2D eigenvalue weighted by Crippen LogP contribution is -2.41. The van der Waals surface area contributed by atoms with Gasteiger partial charge in [-0.2, -0.15) is 0 Å². The molecule has 1 aliphatic rings. The van der Waals surface area contributed by atoms with Crippen LogP contribution in [0.2, 0.25) is 0 Å². The zero-order chi connectivity index (χ0) is 9.80. The van der Waals surface area contributed by atoms with Gasteiger partial charge >= 0.3 is 0 Å². The van der Waals surface area contributed by atoms with Crippen LogP contribution in [0.3, 0.4) is 0 Å². The molecule has 3 heteroatoms. The van der Waals surface area contributed by atoms with Gasteiger partial charge in [-0.05, 0) is 0 Å². The Hall–Kier alpha value is -1.19. The van der Waals surface area contributed by atoms with Crippen molar-refractivity contribution in [2.75, 3.05) is 19.8 Å². The van der Waals surface area contributed by atoms with Crippen LogP contribution in [0.1, 0.15) is 10.4 Å². The third-order valence-electron chi connectivity index (χ3n) is 2.22. The molecule has 0 saturated carbocycles. The zero-order valence-corrected chi connectivity index (χ0v) is 7.85. The van der Waals surface area contributed by atoms with E-state index in [0.29, 0.717) is 25.3 Å². The van der Waals surface area contributed by atoms with Gasteiger partial charge in [0, 0.05) is 12.1 Å². The fraction of sp³-hybridized carbons (Fsp3) is 0.364. The Morgan fingerprint density at radius 3 is 2.79 bits per heavy atom. The molecule has 0 amide bonds. The van der Waals surface area contributed by atoms with Gasteiger partial charge in [-0.15, -0.1) is 0 Å². The minimum atomic E-state index is -0.300. The quantitative estimate of drug-likeness (QED) is 0.649. The van der Waals surface area contributed by atoms with Crippen LogP contribution in [0.4, 0.5) is 0 Å². The molecule has 3 nitrogen and oxygen atoms in total. The van der Waals surface area contributed by atoms with Crippen LogP contribution in [0.5, 0.6) is 0 Å². The number of Topliss-reactive ketones (excluding diaryl/α,β-unsaturated/α-hetero) is 1. The molecule has 1 saturated heterocycles. The van der Waals surface area contributed by atoms with Gasteiger partial charge in [0.15, 0.2) is 5.78 Å². The minimum absolute atomic E-state index is 0.0605. The first-order valence-corrected chi connectivity index (χ1v) is 4.71. The van der Waals surface area contributed by atoms with E-state index < -0.39 is 0 Å². The van der Waals surface area contributed by atoms with Crippen molar-refractivity contribution in [1.29, 1.82) is 0 Å². The number of ether oxygens (including phenoxy) is 1. The fourth-order valence-electron chi connectivity index (χ4n) is 1.47. The predicted molar refractivity (Wildman–Crippen MR) is 52.4 cm³/mol. The number of rotatable bonds is 2. The van der Waals surface area contributed by atoms with Crippen LogP contribution in [0.25, 0.3) is 0 Å². The number of hydrogen-bond acceptors (Lipinski definition) is 2. The molecule has 1 radical (unpaired) electrons. The number of carbonyl (C=O) groups excluding carboxylic acids is 1. The second-order valence-electron chi connectivity index (χ2n) is 3.23. The molecule has 0 aliphatic carbocycles. The minimum Gasteiger partial charge on any atom is -0.378 e. The highest BCUT2D eigenvalue weighted by molar-refractivity contribution is 6.00. The zero-order valence-electron chi connectivity index (χ0n) is 7.85. The van der Waals surface area contributed by atoms with E-state index in [1.165, 1.54) is 0 Å². The summed E-state index contributed by atoms with van der Waals surface area (Å²) in [6.45, 7) is 1.69. The average molecular weight is 190 g/mol. The van der Waals surface area contributed by atoms with Crippen LogP contribution in [-0.4, -0.2) is 31.6 Å². The van der Waals surface area contributed by atoms with Crippen LogP contribution < -0.4 is 5.32 Å². The van der Waals surface area contributed by atoms with Crippen LogP contribution in [-0.2, 0) is 4.74 Å². The van der Waals surface area contributed by atoms with E-state index in [1.54, 1.807) is 0 Å². The molecule has 1 aromatic carbocycles. The molecule has 1 aromatic rings. The van der Waals surface area contributed by atoms with Gasteiger partial charge in [-0.25, -0.2) is 5.32 Å². The van der Waals surface area contributed by atoms with Gasteiger partial charge in [0.2, 0.25) is 0 Å². The summed E-state index contributed by atoms with van der Waals surface area (Å²) in [5, 5.41) is 4.23. The standard InChI is InChI=1S/C11H12NO2/c13-11(9-4-2-1-3-5-9)10-8-14-7-6-12-10/h1-5,10H,6-8H2. The summed E-state index contributed by atoms with van der Waals surface area (Å²) in [5.74, 6) is 0.0605. The Morgan fingerprint density at radius 2 is 2.14 bits per heavy atom. The number of hydrogen-bond donors (Lipinski definition) is 0. The first-order valence-electron chi connectivity index (χ1n) is 4.71. The molecule has 0 bridgehead atoms. The van der Waals surface area contributed by atoms with E-state index in [2.05, 4.69) is 5.32 Å². The molecule has 0 N–H and O–H groups in total. The van der Waals surface area contributed by atoms with Crippen LogP contribution in [0, 0.1) is 0 Å². The molecule has 0 aromatic heterocycles. The fourth-order valence-corrected chi connectivity index (χ4v) is 1.47. The van der Waals surface area contributed by atoms with Gasteiger partial charge in [-0.3, -0.25) is 4.79 Å². The molecule has 73 valence electrons. The highest BCUT2D eigenvalue weighted by atomic mass is 16.5. The third kappa shape index (κ3) is 2.00. The van der Waals surface area contributed by atoms with Crippen molar-refractivity contribution < 1.29 is 9.53 Å².